The van der Waals surface area contributed by atoms with Gasteiger partial charge in [-0.25, -0.2) is 0 Å². The van der Waals surface area contributed by atoms with Gasteiger partial charge in [0.1, 0.15) is 0 Å². The van der Waals surface area contributed by atoms with Crippen molar-refractivity contribution in [2.75, 3.05) is 0 Å². The first-order valence-corrected chi connectivity index (χ1v) is 2.86. The summed E-state index contributed by atoms with van der Waals surface area (Å²) >= 11 is 4.81. The van der Waals surface area contributed by atoms with E-state index in [1.165, 1.54) is 0 Å². The molecule has 53 valence electrons. The van der Waals surface area contributed by atoms with Crippen LogP contribution in [0.4, 0.5) is 0 Å². The molecule has 0 saturated carbocycles. The van der Waals surface area contributed by atoms with Gasteiger partial charge in [0, 0.05) is 28.2 Å². The molecule has 0 aromatic carbocycles. The van der Waals surface area contributed by atoms with Gasteiger partial charge in [0.25, 0.3) is 0 Å². The van der Waals surface area contributed by atoms with Gasteiger partial charge in [-0.3, -0.25) is 0 Å². The van der Waals surface area contributed by atoms with Crippen molar-refractivity contribution in [2.45, 2.75) is 13.8 Å². The van der Waals surface area contributed by atoms with Crippen molar-refractivity contribution in [3.63, 3.8) is 0 Å². The summed E-state index contributed by atoms with van der Waals surface area (Å²) < 4.78 is 0.708. The van der Waals surface area contributed by atoms with Crippen molar-refractivity contribution in [1.82, 2.24) is 9.97 Å². The molecule has 0 aliphatic carbocycles. The number of aromatic amines is 2. The van der Waals surface area contributed by atoms with E-state index in [1.807, 2.05) is 13.8 Å². The van der Waals surface area contributed by atoms with Crippen LogP contribution < -0.4 is 0 Å². The van der Waals surface area contributed by atoms with E-state index in [4.69, 9.17) is 12.2 Å². The van der Waals surface area contributed by atoms with Crippen LogP contribution in [0.25, 0.3) is 0 Å². The van der Waals surface area contributed by atoms with Crippen LogP contribution in [0.3, 0.4) is 0 Å². The monoisotopic (exact) mass is 187 g/mol. The second-order valence-electron chi connectivity index (χ2n) is 1.83. The molecule has 1 heterocycles. The van der Waals surface area contributed by atoms with Gasteiger partial charge in [0.05, 0.1) is 0 Å². The molecule has 0 aliphatic rings. The van der Waals surface area contributed by atoms with Gasteiger partial charge in [0.15, 0.2) is 4.77 Å². The fourth-order valence-electron chi connectivity index (χ4n) is 0.559. The summed E-state index contributed by atoms with van der Waals surface area (Å²) in [7, 11) is 0. The Morgan fingerprint density at radius 1 is 1.11 bits per heavy atom. The Labute approximate surface area is 69.3 Å². The first-order chi connectivity index (χ1) is 3.70. The van der Waals surface area contributed by atoms with E-state index in [0.717, 1.165) is 11.4 Å². The topological polar surface area (TPSA) is 31.6 Å². The number of hydrogen-bond acceptors (Lipinski definition) is 1. The summed E-state index contributed by atoms with van der Waals surface area (Å²) in [6.07, 6.45) is 0. The Kier molecular flexibility index (Phi) is 3.17. The van der Waals surface area contributed by atoms with Crippen LogP contribution in [0.15, 0.2) is 0 Å². The van der Waals surface area contributed by atoms with Crippen LogP contribution in [-0.4, -0.2) is 9.97 Å². The molecule has 2 nitrogen and oxygen atoms in total. The van der Waals surface area contributed by atoms with Crippen LogP contribution in [0.1, 0.15) is 11.4 Å². The number of aromatic nitrogens is 2. The standard InChI is InChI=1S/C5H8N2S.Co/c1-3-4(2)7-5(8)6-3;/h1-2H3,(H2,6,7,8);. The van der Waals surface area contributed by atoms with Crippen LogP contribution in [0.5, 0.6) is 0 Å². The van der Waals surface area contributed by atoms with E-state index < -0.39 is 0 Å². The molecule has 1 aromatic rings. The van der Waals surface area contributed by atoms with Crippen molar-refractivity contribution in [3.05, 3.63) is 16.2 Å². The zero-order valence-electron chi connectivity index (χ0n) is 5.24. The normalized spacial score (nSPS) is 8.67. The third-order valence-corrected chi connectivity index (χ3v) is 1.37. The molecular weight excluding hydrogens is 179 g/mol. The minimum Gasteiger partial charge on any atom is -0.335 e. The zero-order valence-corrected chi connectivity index (χ0v) is 7.10. The largest absolute Gasteiger partial charge is 0.335 e. The maximum absolute atomic E-state index is 4.81. The number of aryl methyl sites for hydroxylation is 2. The minimum atomic E-state index is 0. The van der Waals surface area contributed by atoms with E-state index in [9.17, 15) is 0 Å². The second-order valence-corrected chi connectivity index (χ2v) is 2.24. The predicted molar refractivity (Wildman–Crippen MR) is 35.5 cm³/mol. The van der Waals surface area contributed by atoms with E-state index in [1.54, 1.807) is 0 Å². The van der Waals surface area contributed by atoms with Gasteiger partial charge in [-0.2, -0.15) is 0 Å². The summed E-state index contributed by atoms with van der Waals surface area (Å²) in [5, 5.41) is 0. The summed E-state index contributed by atoms with van der Waals surface area (Å²) in [6, 6.07) is 0. The Balaban J connectivity index is 0.000000640. The maximum atomic E-state index is 4.81. The summed E-state index contributed by atoms with van der Waals surface area (Å²) in [5.41, 5.74) is 2.24. The van der Waals surface area contributed by atoms with Gasteiger partial charge in [-0.1, -0.05) is 0 Å². The summed E-state index contributed by atoms with van der Waals surface area (Å²) in [6.45, 7) is 3.98. The third kappa shape index (κ3) is 1.96. The number of nitrogens with one attached hydrogen (secondary N) is 2. The van der Waals surface area contributed by atoms with Crippen molar-refractivity contribution >= 4 is 12.2 Å². The Morgan fingerprint density at radius 2 is 1.44 bits per heavy atom. The van der Waals surface area contributed by atoms with Crippen molar-refractivity contribution in [1.29, 1.82) is 0 Å². The molecule has 0 spiro atoms. The fraction of sp³-hybridized carbons (Fsp3) is 0.400. The van der Waals surface area contributed by atoms with E-state index in [0.29, 0.717) is 4.77 Å². The zero-order chi connectivity index (χ0) is 6.15. The number of H-pyrrole nitrogens is 2. The van der Waals surface area contributed by atoms with Gasteiger partial charge in [-0.05, 0) is 26.1 Å². The van der Waals surface area contributed by atoms with Gasteiger partial charge in [-0.15, -0.1) is 0 Å². The molecule has 1 radical (unpaired) electrons. The van der Waals surface area contributed by atoms with Crippen LogP contribution >= 0.6 is 12.2 Å². The van der Waals surface area contributed by atoms with E-state index in [-0.39, 0.29) is 16.8 Å². The molecular formula is C5H8CoN2S. The number of rotatable bonds is 0. The molecule has 0 amide bonds. The minimum absolute atomic E-state index is 0. The van der Waals surface area contributed by atoms with E-state index >= 15 is 0 Å². The first-order valence-electron chi connectivity index (χ1n) is 2.45. The molecule has 0 atom stereocenters. The Morgan fingerprint density at radius 3 is 1.56 bits per heavy atom. The second kappa shape index (κ2) is 3.19. The molecule has 2 N–H and O–H groups in total. The average Bonchev–Trinajstić information content (AvgIpc) is 1.85. The van der Waals surface area contributed by atoms with Gasteiger partial charge in [0.2, 0.25) is 0 Å². The third-order valence-electron chi connectivity index (χ3n) is 1.16. The molecule has 0 fully saturated rings. The maximum Gasteiger partial charge on any atom is 0.174 e. The average molecular weight is 187 g/mol. The molecule has 1 aromatic heterocycles. The van der Waals surface area contributed by atoms with E-state index in [2.05, 4.69) is 9.97 Å². The number of imidazole rings is 1. The molecule has 0 aliphatic heterocycles. The summed E-state index contributed by atoms with van der Waals surface area (Å²) in [4.78, 5) is 5.93. The molecule has 9 heavy (non-hydrogen) atoms. The van der Waals surface area contributed by atoms with Crippen molar-refractivity contribution < 1.29 is 16.8 Å². The Bertz CT molecular complexity index is 215. The van der Waals surface area contributed by atoms with Crippen LogP contribution in [-0.2, 0) is 16.8 Å². The molecule has 0 unspecified atom stereocenters. The Hall–Kier alpha value is -0.0635. The van der Waals surface area contributed by atoms with Crippen LogP contribution in [0.2, 0.25) is 0 Å². The smallest absolute Gasteiger partial charge is 0.174 e. The van der Waals surface area contributed by atoms with Crippen molar-refractivity contribution in [3.8, 4) is 0 Å². The first kappa shape index (κ1) is 8.94. The van der Waals surface area contributed by atoms with Crippen LogP contribution in [0, 0.1) is 18.6 Å². The fourth-order valence-corrected chi connectivity index (χ4v) is 0.866. The molecule has 0 bridgehead atoms. The number of hydrogen-bond donors (Lipinski definition) is 2. The predicted octanol–water partition coefficient (Wildman–Crippen LogP) is 1.69. The quantitative estimate of drug-likeness (QED) is 0.595. The molecule has 0 saturated heterocycles. The van der Waals surface area contributed by atoms with Gasteiger partial charge < -0.3 is 9.97 Å². The summed E-state index contributed by atoms with van der Waals surface area (Å²) in [5.74, 6) is 0. The van der Waals surface area contributed by atoms with Crippen molar-refractivity contribution in [2.24, 2.45) is 0 Å². The van der Waals surface area contributed by atoms with Gasteiger partial charge >= 0.3 is 0 Å². The molecule has 1 rings (SSSR count). The molecule has 4 heteroatoms. The SMILES string of the molecule is Cc1[nH]c(=S)[nH]c1C.[Co].